The van der Waals surface area contributed by atoms with Crippen molar-refractivity contribution in [2.75, 3.05) is 5.32 Å². The third-order valence-electron chi connectivity index (χ3n) is 3.30. The fourth-order valence-corrected chi connectivity index (χ4v) is 2.51. The Balaban J connectivity index is 1.88. The lowest BCUT2D eigenvalue weighted by Crippen LogP contribution is -2.14. The van der Waals surface area contributed by atoms with Crippen LogP contribution in [0.2, 0.25) is 5.02 Å². The molecule has 2 rings (SSSR count). The van der Waals surface area contributed by atoms with Crippen LogP contribution in [-0.4, -0.2) is 17.0 Å². The number of rotatable bonds is 6. The summed E-state index contributed by atoms with van der Waals surface area (Å²) in [6, 6.07) is 9.52. The number of nitro groups is 1. The predicted molar refractivity (Wildman–Crippen MR) is 95.9 cm³/mol. The van der Waals surface area contributed by atoms with E-state index in [0.29, 0.717) is 16.3 Å². The molecule has 130 valence electrons. The van der Waals surface area contributed by atoms with Gasteiger partial charge in [-0.15, -0.1) is 0 Å². The third kappa shape index (κ3) is 5.29. The van der Waals surface area contributed by atoms with Crippen LogP contribution in [0.15, 0.2) is 41.6 Å². The molecular formula is C17H16ClN3O4. The van der Waals surface area contributed by atoms with Crippen molar-refractivity contribution in [3.63, 3.8) is 0 Å². The number of benzene rings is 2. The Hall–Kier alpha value is -2.93. The maximum atomic E-state index is 11.9. The highest BCUT2D eigenvalue weighted by atomic mass is 35.5. The zero-order valence-corrected chi connectivity index (χ0v) is 14.4. The van der Waals surface area contributed by atoms with Crippen molar-refractivity contribution >= 4 is 35.1 Å². The second-order valence-electron chi connectivity index (χ2n) is 5.36. The van der Waals surface area contributed by atoms with Crippen LogP contribution in [0, 0.1) is 24.0 Å². The van der Waals surface area contributed by atoms with E-state index in [1.54, 1.807) is 18.2 Å². The summed E-state index contributed by atoms with van der Waals surface area (Å²) in [7, 11) is 0. The smallest absolute Gasteiger partial charge is 0.270 e. The summed E-state index contributed by atoms with van der Waals surface area (Å²) in [5.74, 6) is -0.474. The minimum atomic E-state index is -0.481. The molecular weight excluding hydrogens is 346 g/mol. The standard InChI is InChI=1S/C17H16ClN3O4/c1-11-7-12(2)17(15(18)8-11)20-16(22)9-19-25-10-13-3-5-14(6-4-13)21(23)24/h3-9H,10H2,1-2H3,(H,20,22)/b19-9-. The highest BCUT2D eigenvalue weighted by Crippen LogP contribution is 2.27. The largest absolute Gasteiger partial charge is 0.391 e. The number of anilines is 1. The summed E-state index contributed by atoms with van der Waals surface area (Å²) in [5, 5.41) is 17.2. The highest BCUT2D eigenvalue weighted by Gasteiger charge is 2.08. The highest BCUT2D eigenvalue weighted by molar-refractivity contribution is 6.37. The van der Waals surface area contributed by atoms with Gasteiger partial charge in [-0.25, -0.2) is 0 Å². The topological polar surface area (TPSA) is 93.8 Å². The summed E-state index contributed by atoms with van der Waals surface area (Å²) in [6.07, 6.45) is 1.00. The van der Waals surface area contributed by atoms with Gasteiger partial charge in [0.2, 0.25) is 0 Å². The molecule has 8 heteroatoms. The van der Waals surface area contributed by atoms with E-state index in [2.05, 4.69) is 10.5 Å². The van der Waals surface area contributed by atoms with Gasteiger partial charge in [0.1, 0.15) is 12.8 Å². The van der Waals surface area contributed by atoms with Crippen molar-refractivity contribution < 1.29 is 14.6 Å². The van der Waals surface area contributed by atoms with E-state index in [1.165, 1.54) is 12.1 Å². The molecule has 0 heterocycles. The number of aryl methyl sites for hydroxylation is 2. The van der Waals surface area contributed by atoms with Gasteiger partial charge in [0.25, 0.3) is 11.6 Å². The molecule has 2 aromatic rings. The van der Waals surface area contributed by atoms with Gasteiger partial charge in [-0.05, 0) is 48.7 Å². The summed E-state index contributed by atoms with van der Waals surface area (Å²) in [5.41, 5.74) is 3.07. The molecule has 0 unspecified atom stereocenters. The first kappa shape index (κ1) is 18.4. The Bertz CT molecular complexity index is 796. The molecule has 0 radical (unpaired) electrons. The molecule has 0 aliphatic rings. The van der Waals surface area contributed by atoms with Gasteiger partial charge in [0.05, 0.1) is 15.6 Å². The van der Waals surface area contributed by atoms with Crippen molar-refractivity contribution in [1.29, 1.82) is 0 Å². The van der Waals surface area contributed by atoms with Crippen molar-refractivity contribution in [2.24, 2.45) is 5.16 Å². The normalized spacial score (nSPS) is 10.7. The van der Waals surface area contributed by atoms with Crippen molar-refractivity contribution in [3.05, 3.63) is 68.2 Å². The third-order valence-corrected chi connectivity index (χ3v) is 3.60. The maximum Gasteiger partial charge on any atom is 0.270 e. The van der Waals surface area contributed by atoms with E-state index >= 15 is 0 Å². The molecule has 0 bridgehead atoms. The molecule has 2 aromatic carbocycles. The summed E-state index contributed by atoms with van der Waals surface area (Å²) >= 11 is 6.12. The molecule has 0 aliphatic carbocycles. The van der Waals surface area contributed by atoms with E-state index < -0.39 is 10.8 Å². The minimum Gasteiger partial charge on any atom is -0.391 e. The Morgan fingerprint density at radius 1 is 1.32 bits per heavy atom. The Morgan fingerprint density at radius 2 is 2.00 bits per heavy atom. The molecule has 1 amide bonds. The number of nitrogens with one attached hydrogen (secondary N) is 1. The number of carbonyl (C=O) groups is 1. The van der Waals surface area contributed by atoms with Crippen molar-refractivity contribution in [2.45, 2.75) is 20.5 Å². The van der Waals surface area contributed by atoms with E-state index in [-0.39, 0.29) is 12.3 Å². The molecule has 0 saturated heterocycles. The molecule has 0 aliphatic heterocycles. The van der Waals surface area contributed by atoms with Gasteiger partial charge >= 0.3 is 0 Å². The van der Waals surface area contributed by atoms with Gasteiger partial charge in [-0.3, -0.25) is 14.9 Å². The molecule has 0 saturated carbocycles. The fourth-order valence-electron chi connectivity index (χ4n) is 2.14. The van der Waals surface area contributed by atoms with Gasteiger partial charge in [0.15, 0.2) is 0 Å². The van der Waals surface area contributed by atoms with E-state index in [0.717, 1.165) is 17.3 Å². The van der Waals surface area contributed by atoms with Gasteiger partial charge in [-0.1, -0.05) is 22.8 Å². The Labute approximate surface area is 149 Å². The summed E-state index contributed by atoms with van der Waals surface area (Å²) in [4.78, 5) is 27.0. The SMILES string of the molecule is Cc1cc(C)c(NC(=O)/C=N\OCc2ccc([N+](=O)[O-])cc2)c(Cl)c1. The van der Waals surface area contributed by atoms with Crippen LogP contribution < -0.4 is 5.32 Å². The first-order chi connectivity index (χ1) is 11.9. The Morgan fingerprint density at radius 3 is 2.60 bits per heavy atom. The lowest BCUT2D eigenvalue weighted by Gasteiger charge is -2.09. The molecule has 0 fully saturated rings. The zero-order valence-electron chi connectivity index (χ0n) is 13.7. The lowest BCUT2D eigenvalue weighted by molar-refractivity contribution is -0.384. The number of halogens is 1. The van der Waals surface area contributed by atoms with Crippen LogP contribution in [0.1, 0.15) is 16.7 Å². The van der Waals surface area contributed by atoms with Crippen LogP contribution >= 0.6 is 11.6 Å². The average molecular weight is 362 g/mol. The summed E-state index contributed by atoms with van der Waals surface area (Å²) in [6.45, 7) is 3.85. The second kappa shape index (κ2) is 8.25. The first-order valence-electron chi connectivity index (χ1n) is 7.33. The molecule has 25 heavy (non-hydrogen) atoms. The average Bonchev–Trinajstić information content (AvgIpc) is 2.55. The van der Waals surface area contributed by atoms with Crippen molar-refractivity contribution in [3.8, 4) is 0 Å². The second-order valence-corrected chi connectivity index (χ2v) is 5.77. The van der Waals surface area contributed by atoms with Gasteiger partial charge < -0.3 is 10.2 Å². The molecule has 1 N–H and O–H groups in total. The number of non-ortho nitro benzene ring substituents is 1. The number of oxime groups is 1. The number of hydrogen-bond acceptors (Lipinski definition) is 5. The number of carbonyl (C=O) groups excluding carboxylic acids is 1. The van der Waals surface area contributed by atoms with Crippen LogP contribution in [0.5, 0.6) is 0 Å². The first-order valence-corrected chi connectivity index (χ1v) is 7.71. The Kier molecular flexibility index (Phi) is 6.08. The van der Waals surface area contributed by atoms with Crippen LogP contribution in [0.3, 0.4) is 0 Å². The monoisotopic (exact) mass is 361 g/mol. The van der Waals surface area contributed by atoms with Crippen molar-refractivity contribution in [1.82, 2.24) is 0 Å². The zero-order chi connectivity index (χ0) is 18.4. The van der Waals surface area contributed by atoms with E-state index in [4.69, 9.17) is 16.4 Å². The number of hydrogen-bond donors (Lipinski definition) is 1. The number of nitro benzene ring substituents is 1. The fraction of sp³-hybridized carbons (Fsp3) is 0.176. The molecule has 0 atom stereocenters. The molecule has 0 spiro atoms. The minimum absolute atomic E-state index is 0.00280. The number of nitrogens with zero attached hydrogens (tertiary/aromatic N) is 2. The summed E-state index contributed by atoms with van der Waals surface area (Å²) < 4.78 is 0. The predicted octanol–water partition coefficient (Wildman–Crippen LogP) is 4.01. The molecule has 0 aromatic heterocycles. The van der Waals surface area contributed by atoms with Crippen LogP contribution in [-0.2, 0) is 16.2 Å². The van der Waals surface area contributed by atoms with Gasteiger partial charge in [0, 0.05) is 12.1 Å². The number of amides is 1. The maximum absolute atomic E-state index is 11.9. The van der Waals surface area contributed by atoms with Crippen LogP contribution in [0.25, 0.3) is 0 Å². The molecule has 7 nitrogen and oxygen atoms in total. The van der Waals surface area contributed by atoms with E-state index in [1.807, 2.05) is 19.9 Å². The van der Waals surface area contributed by atoms with Crippen LogP contribution in [0.4, 0.5) is 11.4 Å². The quantitative estimate of drug-likeness (QED) is 0.478. The van der Waals surface area contributed by atoms with E-state index in [9.17, 15) is 14.9 Å². The lowest BCUT2D eigenvalue weighted by atomic mass is 10.1. The van der Waals surface area contributed by atoms with Gasteiger partial charge in [-0.2, -0.15) is 0 Å².